The number of nitrogens with one attached hydrogen (secondary N) is 2. The number of nitrogens with zero attached hydrogens (tertiary/aromatic N) is 4. The van der Waals surface area contributed by atoms with Crippen LogP contribution in [-0.2, 0) is 4.79 Å². The Hall–Kier alpha value is -3.48. The van der Waals surface area contributed by atoms with E-state index in [-0.39, 0.29) is 5.91 Å². The fourth-order valence-corrected chi connectivity index (χ4v) is 2.77. The molecule has 0 aliphatic heterocycles. The molecule has 2 N–H and O–H groups in total. The van der Waals surface area contributed by atoms with Gasteiger partial charge in [-0.3, -0.25) is 4.79 Å². The Morgan fingerprint density at radius 1 is 1.00 bits per heavy atom. The molecule has 0 spiro atoms. The first kappa shape index (κ1) is 15.1. The zero-order valence-electron chi connectivity index (χ0n) is 13.8. The third-order valence-corrected chi connectivity index (χ3v) is 3.87. The molecule has 4 aromatic rings. The van der Waals surface area contributed by atoms with Crippen LogP contribution in [0.2, 0.25) is 0 Å². The van der Waals surface area contributed by atoms with Gasteiger partial charge in [0.05, 0.1) is 5.52 Å². The van der Waals surface area contributed by atoms with Crippen LogP contribution < -0.4 is 10.6 Å². The van der Waals surface area contributed by atoms with Crippen molar-refractivity contribution in [2.75, 3.05) is 10.6 Å². The fraction of sp³-hybridized carbons (Fsp3) is 0.111. The third kappa shape index (κ3) is 2.76. The zero-order chi connectivity index (χ0) is 17.4. The van der Waals surface area contributed by atoms with Crippen LogP contribution in [0, 0.1) is 6.92 Å². The monoisotopic (exact) mass is 332 g/mol. The summed E-state index contributed by atoms with van der Waals surface area (Å²) in [5.41, 5.74) is 3.21. The van der Waals surface area contributed by atoms with E-state index in [1.807, 2.05) is 59.9 Å². The Morgan fingerprint density at radius 3 is 2.48 bits per heavy atom. The molecule has 1 amide bonds. The number of aromatic nitrogens is 4. The molecule has 0 aliphatic rings. The summed E-state index contributed by atoms with van der Waals surface area (Å²) in [4.78, 5) is 15.8. The molecule has 2 aromatic heterocycles. The molecule has 0 aliphatic carbocycles. The van der Waals surface area contributed by atoms with Crippen LogP contribution in [0.1, 0.15) is 12.7 Å². The second-order valence-electron chi connectivity index (χ2n) is 5.74. The van der Waals surface area contributed by atoms with E-state index in [0.717, 1.165) is 33.7 Å². The quantitative estimate of drug-likeness (QED) is 0.601. The fourth-order valence-electron chi connectivity index (χ4n) is 2.77. The predicted octanol–water partition coefficient (Wildman–Crippen LogP) is 3.29. The third-order valence-electron chi connectivity index (χ3n) is 3.87. The minimum Gasteiger partial charge on any atom is -0.326 e. The molecule has 0 radical (unpaired) electrons. The van der Waals surface area contributed by atoms with Crippen molar-refractivity contribution in [3.05, 3.63) is 54.4 Å². The van der Waals surface area contributed by atoms with Crippen molar-refractivity contribution in [1.82, 2.24) is 19.6 Å². The van der Waals surface area contributed by atoms with Crippen LogP contribution in [0.4, 0.5) is 17.3 Å². The molecule has 4 rings (SSSR count). The molecular formula is C18H16N6O. The summed E-state index contributed by atoms with van der Waals surface area (Å²) in [6, 6.07) is 15.3. The Morgan fingerprint density at radius 2 is 1.72 bits per heavy atom. The Balaban J connectivity index is 1.77. The van der Waals surface area contributed by atoms with Crippen molar-refractivity contribution in [2.24, 2.45) is 0 Å². The van der Waals surface area contributed by atoms with E-state index < -0.39 is 0 Å². The van der Waals surface area contributed by atoms with E-state index in [2.05, 4.69) is 20.8 Å². The van der Waals surface area contributed by atoms with Crippen LogP contribution in [0.15, 0.2) is 48.5 Å². The van der Waals surface area contributed by atoms with Gasteiger partial charge in [-0.15, -0.1) is 10.2 Å². The number of benzene rings is 2. The lowest BCUT2D eigenvalue weighted by atomic mass is 10.2. The van der Waals surface area contributed by atoms with E-state index in [4.69, 9.17) is 4.98 Å². The minimum absolute atomic E-state index is 0.0984. The summed E-state index contributed by atoms with van der Waals surface area (Å²) in [6.07, 6.45) is 0. The van der Waals surface area contributed by atoms with Gasteiger partial charge in [0.2, 0.25) is 11.9 Å². The first-order valence-electron chi connectivity index (χ1n) is 7.87. The molecule has 2 heterocycles. The number of amides is 1. The van der Waals surface area contributed by atoms with Crippen LogP contribution in [0.25, 0.3) is 16.6 Å². The number of anilines is 3. The standard InChI is InChI=1S/C18H16N6O/c1-11-22-23-17-15-5-3-4-6-16(15)21-18(24(11)17)20-14-9-7-13(8-10-14)19-12(2)25/h3-10H,1-2H3,(H,19,25)(H,20,21). The zero-order valence-corrected chi connectivity index (χ0v) is 13.8. The highest BCUT2D eigenvalue weighted by atomic mass is 16.1. The molecule has 7 nitrogen and oxygen atoms in total. The highest BCUT2D eigenvalue weighted by Gasteiger charge is 2.12. The van der Waals surface area contributed by atoms with Gasteiger partial charge in [0, 0.05) is 23.7 Å². The smallest absolute Gasteiger partial charge is 0.221 e. The van der Waals surface area contributed by atoms with Gasteiger partial charge in [-0.1, -0.05) is 12.1 Å². The Kier molecular flexibility index (Phi) is 3.53. The van der Waals surface area contributed by atoms with E-state index in [1.165, 1.54) is 6.92 Å². The largest absolute Gasteiger partial charge is 0.326 e. The Bertz CT molecular complexity index is 1080. The summed E-state index contributed by atoms with van der Waals surface area (Å²) in [7, 11) is 0. The number of fused-ring (bicyclic) bond motifs is 3. The number of carbonyl (C=O) groups excluding carboxylic acids is 1. The highest BCUT2D eigenvalue weighted by Crippen LogP contribution is 2.24. The maximum absolute atomic E-state index is 11.1. The highest BCUT2D eigenvalue weighted by molar-refractivity contribution is 5.92. The van der Waals surface area contributed by atoms with Gasteiger partial charge in [0.1, 0.15) is 5.82 Å². The first-order valence-corrected chi connectivity index (χ1v) is 7.87. The summed E-state index contributed by atoms with van der Waals surface area (Å²) >= 11 is 0. The number of para-hydroxylation sites is 1. The van der Waals surface area contributed by atoms with Crippen molar-refractivity contribution < 1.29 is 4.79 Å². The Labute approximate surface area is 143 Å². The molecule has 25 heavy (non-hydrogen) atoms. The van der Waals surface area contributed by atoms with Gasteiger partial charge in [-0.05, 0) is 43.3 Å². The summed E-state index contributed by atoms with van der Waals surface area (Å²) in [5, 5.41) is 15.5. The van der Waals surface area contributed by atoms with E-state index in [0.29, 0.717) is 5.95 Å². The number of carbonyl (C=O) groups is 1. The van der Waals surface area contributed by atoms with Gasteiger partial charge >= 0.3 is 0 Å². The maximum Gasteiger partial charge on any atom is 0.221 e. The average molecular weight is 332 g/mol. The SMILES string of the molecule is CC(=O)Nc1ccc(Nc2nc3ccccc3c3nnc(C)n23)cc1. The lowest BCUT2D eigenvalue weighted by Gasteiger charge is -2.11. The van der Waals surface area contributed by atoms with Gasteiger partial charge in [-0.2, -0.15) is 0 Å². The molecule has 0 bridgehead atoms. The minimum atomic E-state index is -0.0984. The van der Waals surface area contributed by atoms with Crippen molar-refractivity contribution in [1.29, 1.82) is 0 Å². The summed E-state index contributed by atoms with van der Waals surface area (Å²) in [6.45, 7) is 3.37. The molecule has 0 saturated heterocycles. The van der Waals surface area contributed by atoms with E-state index in [1.54, 1.807) is 0 Å². The van der Waals surface area contributed by atoms with Crippen molar-refractivity contribution in [3.8, 4) is 0 Å². The van der Waals surface area contributed by atoms with Gasteiger partial charge in [0.25, 0.3) is 0 Å². The van der Waals surface area contributed by atoms with Crippen molar-refractivity contribution >= 4 is 39.8 Å². The molecule has 2 aromatic carbocycles. The lowest BCUT2D eigenvalue weighted by Crippen LogP contribution is -2.06. The normalized spacial score (nSPS) is 11.0. The van der Waals surface area contributed by atoms with Crippen LogP contribution in [0.5, 0.6) is 0 Å². The van der Waals surface area contributed by atoms with Crippen molar-refractivity contribution in [3.63, 3.8) is 0 Å². The number of hydrogen-bond donors (Lipinski definition) is 2. The van der Waals surface area contributed by atoms with E-state index in [9.17, 15) is 4.79 Å². The average Bonchev–Trinajstić information content (AvgIpc) is 2.99. The van der Waals surface area contributed by atoms with Gasteiger partial charge in [0.15, 0.2) is 5.65 Å². The number of aryl methyl sites for hydroxylation is 1. The molecule has 7 heteroatoms. The second kappa shape index (κ2) is 5.86. The van der Waals surface area contributed by atoms with Crippen LogP contribution >= 0.6 is 0 Å². The number of rotatable bonds is 3. The number of hydrogen-bond acceptors (Lipinski definition) is 5. The molecule has 0 saturated carbocycles. The molecule has 0 fully saturated rings. The van der Waals surface area contributed by atoms with Gasteiger partial charge in [-0.25, -0.2) is 9.38 Å². The van der Waals surface area contributed by atoms with Gasteiger partial charge < -0.3 is 10.6 Å². The first-order chi connectivity index (χ1) is 12.1. The molecule has 0 atom stereocenters. The summed E-state index contributed by atoms with van der Waals surface area (Å²) < 4.78 is 1.89. The molecule has 124 valence electrons. The van der Waals surface area contributed by atoms with Crippen molar-refractivity contribution in [2.45, 2.75) is 13.8 Å². The molecular weight excluding hydrogens is 316 g/mol. The topological polar surface area (TPSA) is 84.2 Å². The molecule has 0 unspecified atom stereocenters. The van der Waals surface area contributed by atoms with Crippen LogP contribution in [-0.4, -0.2) is 25.5 Å². The maximum atomic E-state index is 11.1. The summed E-state index contributed by atoms with van der Waals surface area (Å²) in [5.74, 6) is 1.30. The second-order valence-corrected chi connectivity index (χ2v) is 5.74. The lowest BCUT2D eigenvalue weighted by molar-refractivity contribution is -0.114. The predicted molar refractivity (Wildman–Crippen MR) is 97.1 cm³/mol. The van der Waals surface area contributed by atoms with Crippen LogP contribution in [0.3, 0.4) is 0 Å². The van der Waals surface area contributed by atoms with E-state index >= 15 is 0 Å².